The van der Waals surface area contributed by atoms with Crippen molar-refractivity contribution in [3.8, 4) is 10.8 Å². The van der Waals surface area contributed by atoms with Crippen LogP contribution in [0.15, 0.2) is 17.8 Å². The van der Waals surface area contributed by atoms with Gasteiger partial charge in [0, 0.05) is 30.4 Å². The summed E-state index contributed by atoms with van der Waals surface area (Å²) in [6, 6.07) is 0.718. The Balaban J connectivity index is 1.72. The van der Waals surface area contributed by atoms with Crippen LogP contribution in [0.4, 0.5) is 0 Å². The predicted molar refractivity (Wildman–Crippen MR) is 67.7 cm³/mol. The number of thiazole rings is 1. The molecule has 1 aliphatic carbocycles. The van der Waals surface area contributed by atoms with Gasteiger partial charge in [0.05, 0.1) is 5.69 Å². The second-order valence-electron chi connectivity index (χ2n) is 4.38. The number of nitrogens with zero attached hydrogens (tertiary/aromatic N) is 3. The first-order valence-electron chi connectivity index (χ1n) is 5.78. The lowest BCUT2D eigenvalue weighted by molar-refractivity contribution is 0.677. The molecule has 0 bridgehead atoms. The molecule has 3 rings (SSSR count). The third-order valence-electron chi connectivity index (χ3n) is 2.67. The Bertz CT molecular complexity index is 501. The zero-order valence-corrected chi connectivity index (χ0v) is 10.5. The van der Waals surface area contributed by atoms with Gasteiger partial charge in [-0.05, 0) is 25.3 Å². The van der Waals surface area contributed by atoms with Crippen molar-refractivity contribution in [1.82, 2.24) is 20.3 Å². The summed E-state index contributed by atoms with van der Waals surface area (Å²) in [5.41, 5.74) is 2.15. The maximum Gasteiger partial charge on any atom is 0.188 e. The molecule has 1 N–H and O–H groups in total. The first-order valence-corrected chi connectivity index (χ1v) is 6.66. The number of aryl methyl sites for hydroxylation is 1. The van der Waals surface area contributed by atoms with Gasteiger partial charge in [0.25, 0.3) is 0 Å². The molecular formula is C12H14N4S. The molecule has 2 aromatic heterocycles. The minimum absolute atomic E-state index is 0.718. The van der Waals surface area contributed by atoms with Crippen molar-refractivity contribution < 1.29 is 0 Å². The Morgan fingerprint density at radius 1 is 1.35 bits per heavy atom. The molecule has 0 aliphatic heterocycles. The van der Waals surface area contributed by atoms with Crippen LogP contribution in [0.5, 0.6) is 0 Å². The van der Waals surface area contributed by atoms with Crippen LogP contribution in [0.3, 0.4) is 0 Å². The van der Waals surface area contributed by atoms with Crippen molar-refractivity contribution in [2.24, 2.45) is 0 Å². The van der Waals surface area contributed by atoms with Crippen molar-refractivity contribution in [1.29, 1.82) is 0 Å². The van der Waals surface area contributed by atoms with Gasteiger partial charge in [-0.1, -0.05) is 0 Å². The highest BCUT2D eigenvalue weighted by atomic mass is 32.1. The fourth-order valence-corrected chi connectivity index (χ4v) is 2.29. The van der Waals surface area contributed by atoms with Gasteiger partial charge in [0.2, 0.25) is 0 Å². The monoisotopic (exact) mass is 246 g/mol. The molecule has 0 spiro atoms. The van der Waals surface area contributed by atoms with E-state index in [1.165, 1.54) is 12.8 Å². The fourth-order valence-electron chi connectivity index (χ4n) is 1.53. The minimum Gasteiger partial charge on any atom is -0.308 e. The Morgan fingerprint density at radius 2 is 2.12 bits per heavy atom. The van der Waals surface area contributed by atoms with Crippen LogP contribution in [0.2, 0.25) is 0 Å². The lowest BCUT2D eigenvalue weighted by atomic mass is 10.4. The molecule has 1 saturated carbocycles. The Kier molecular flexibility index (Phi) is 2.86. The summed E-state index contributed by atoms with van der Waals surface area (Å²) in [5, 5.41) is 6.43. The number of nitrogens with one attached hydrogen (secondary N) is 1. The van der Waals surface area contributed by atoms with E-state index in [2.05, 4.69) is 25.6 Å². The second-order valence-corrected chi connectivity index (χ2v) is 5.24. The van der Waals surface area contributed by atoms with Crippen LogP contribution in [-0.4, -0.2) is 21.0 Å². The maximum atomic E-state index is 4.54. The summed E-state index contributed by atoms with van der Waals surface area (Å²) in [6.07, 6.45) is 6.26. The summed E-state index contributed by atoms with van der Waals surface area (Å²) >= 11 is 1.60. The van der Waals surface area contributed by atoms with Crippen molar-refractivity contribution in [2.75, 3.05) is 0 Å². The highest BCUT2D eigenvalue weighted by molar-refractivity contribution is 7.13. The van der Waals surface area contributed by atoms with Crippen LogP contribution in [-0.2, 0) is 6.54 Å². The van der Waals surface area contributed by atoms with Gasteiger partial charge in [-0.2, -0.15) is 0 Å². The van der Waals surface area contributed by atoms with Crippen molar-refractivity contribution in [2.45, 2.75) is 32.4 Å². The van der Waals surface area contributed by atoms with E-state index >= 15 is 0 Å². The molecule has 0 radical (unpaired) electrons. The van der Waals surface area contributed by atoms with E-state index in [9.17, 15) is 0 Å². The normalized spacial score (nSPS) is 15.1. The molecule has 17 heavy (non-hydrogen) atoms. The van der Waals surface area contributed by atoms with Gasteiger partial charge < -0.3 is 5.32 Å². The SMILES string of the molecule is Cc1cnc(-c2nc(CNC3CC3)cs2)nc1. The van der Waals surface area contributed by atoms with Crippen LogP contribution in [0.1, 0.15) is 24.1 Å². The summed E-state index contributed by atoms with van der Waals surface area (Å²) in [4.78, 5) is 13.1. The minimum atomic E-state index is 0.718. The quantitative estimate of drug-likeness (QED) is 0.898. The fraction of sp³-hybridized carbons (Fsp3) is 0.417. The number of aromatic nitrogens is 3. The molecule has 1 aliphatic rings. The van der Waals surface area contributed by atoms with E-state index in [0.717, 1.165) is 34.7 Å². The van der Waals surface area contributed by atoms with E-state index in [4.69, 9.17) is 0 Å². The summed E-state index contributed by atoms with van der Waals surface area (Å²) < 4.78 is 0. The summed E-state index contributed by atoms with van der Waals surface area (Å²) in [6.45, 7) is 2.84. The van der Waals surface area contributed by atoms with E-state index in [1.807, 2.05) is 19.3 Å². The van der Waals surface area contributed by atoms with Crippen LogP contribution >= 0.6 is 11.3 Å². The third-order valence-corrected chi connectivity index (χ3v) is 3.56. The zero-order chi connectivity index (χ0) is 11.7. The molecule has 0 unspecified atom stereocenters. The first-order chi connectivity index (χ1) is 8.31. The molecule has 2 aromatic rings. The van der Waals surface area contributed by atoms with E-state index in [1.54, 1.807) is 11.3 Å². The van der Waals surface area contributed by atoms with Gasteiger partial charge in [0.1, 0.15) is 0 Å². The average molecular weight is 246 g/mol. The van der Waals surface area contributed by atoms with E-state index < -0.39 is 0 Å². The second kappa shape index (κ2) is 4.50. The molecule has 0 aromatic carbocycles. The average Bonchev–Trinajstić information content (AvgIpc) is 3.06. The Hall–Kier alpha value is -1.33. The van der Waals surface area contributed by atoms with Gasteiger partial charge in [-0.25, -0.2) is 15.0 Å². The molecule has 0 atom stereocenters. The van der Waals surface area contributed by atoms with Gasteiger partial charge in [0.15, 0.2) is 10.8 Å². The lowest BCUT2D eigenvalue weighted by Crippen LogP contribution is -2.15. The Labute approximate surface area is 104 Å². The molecule has 0 saturated heterocycles. The van der Waals surface area contributed by atoms with Gasteiger partial charge in [-0.15, -0.1) is 11.3 Å². The van der Waals surface area contributed by atoms with Gasteiger partial charge in [-0.3, -0.25) is 0 Å². The summed E-state index contributed by atoms with van der Waals surface area (Å²) in [7, 11) is 0. The topological polar surface area (TPSA) is 50.7 Å². The predicted octanol–water partition coefficient (Wildman–Crippen LogP) is 2.16. The highest BCUT2D eigenvalue weighted by Crippen LogP contribution is 2.22. The highest BCUT2D eigenvalue weighted by Gasteiger charge is 2.20. The first kappa shape index (κ1) is 10.8. The standard InChI is InChI=1S/C12H14N4S/c1-8-4-14-11(15-5-8)12-16-10(7-17-12)6-13-9-2-3-9/h4-5,7,9,13H,2-3,6H2,1H3. The van der Waals surface area contributed by atoms with Crippen LogP contribution in [0, 0.1) is 6.92 Å². The summed E-state index contributed by atoms with van der Waals surface area (Å²) in [5.74, 6) is 0.721. The molecule has 5 heteroatoms. The third kappa shape index (κ3) is 2.68. The van der Waals surface area contributed by atoms with Crippen molar-refractivity contribution in [3.05, 3.63) is 29.0 Å². The molecular weight excluding hydrogens is 232 g/mol. The largest absolute Gasteiger partial charge is 0.308 e. The molecule has 0 amide bonds. The zero-order valence-electron chi connectivity index (χ0n) is 9.68. The van der Waals surface area contributed by atoms with Gasteiger partial charge >= 0.3 is 0 Å². The van der Waals surface area contributed by atoms with Crippen molar-refractivity contribution >= 4 is 11.3 Å². The van der Waals surface area contributed by atoms with E-state index in [-0.39, 0.29) is 0 Å². The Morgan fingerprint density at radius 3 is 2.82 bits per heavy atom. The molecule has 88 valence electrons. The number of hydrogen-bond donors (Lipinski definition) is 1. The van der Waals surface area contributed by atoms with Crippen LogP contribution < -0.4 is 5.32 Å². The number of hydrogen-bond acceptors (Lipinski definition) is 5. The lowest BCUT2D eigenvalue weighted by Gasteiger charge is -1.97. The molecule has 4 nitrogen and oxygen atoms in total. The van der Waals surface area contributed by atoms with Crippen LogP contribution in [0.25, 0.3) is 10.8 Å². The molecule has 1 fully saturated rings. The van der Waals surface area contributed by atoms with E-state index in [0.29, 0.717) is 0 Å². The van der Waals surface area contributed by atoms with Crippen molar-refractivity contribution in [3.63, 3.8) is 0 Å². The maximum absolute atomic E-state index is 4.54. The number of rotatable bonds is 4. The smallest absolute Gasteiger partial charge is 0.188 e. The molecule has 2 heterocycles.